The maximum absolute atomic E-state index is 15.6. The van der Waals surface area contributed by atoms with Gasteiger partial charge in [0, 0.05) is 44.0 Å². The Morgan fingerprint density at radius 3 is 2.49 bits per heavy atom. The van der Waals surface area contributed by atoms with E-state index >= 15 is 4.39 Å². The Hall–Kier alpha value is -5.03. The number of nitrogens with one attached hydrogen (secondary N) is 4. The lowest BCUT2D eigenvalue weighted by atomic mass is 9.90. The van der Waals surface area contributed by atoms with Gasteiger partial charge in [0.1, 0.15) is 17.1 Å². The summed E-state index contributed by atoms with van der Waals surface area (Å²) in [4.78, 5) is 51.2. The second-order valence-corrected chi connectivity index (χ2v) is 11.3. The quantitative estimate of drug-likeness (QED) is 0.225. The lowest BCUT2D eigenvalue weighted by Gasteiger charge is -2.22. The molecule has 3 aromatic carbocycles. The van der Waals surface area contributed by atoms with Crippen molar-refractivity contribution in [2.45, 2.75) is 33.2 Å². The highest BCUT2D eigenvalue weighted by molar-refractivity contribution is 6.04. The molecule has 4 N–H and O–H groups in total. The summed E-state index contributed by atoms with van der Waals surface area (Å²) >= 11 is 0. The molecular formula is C34H36FN5O5. The van der Waals surface area contributed by atoms with E-state index in [4.69, 9.17) is 4.74 Å². The van der Waals surface area contributed by atoms with Crippen LogP contribution in [0.2, 0.25) is 0 Å². The van der Waals surface area contributed by atoms with Gasteiger partial charge >= 0.3 is 5.69 Å². The Morgan fingerprint density at radius 1 is 1.04 bits per heavy atom. The Kier molecular flexibility index (Phi) is 9.29. The van der Waals surface area contributed by atoms with Crippen molar-refractivity contribution in [2.75, 3.05) is 25.5 Å². The van der Waals surface area contributed by atoms with Gasteiger partial charge in [-0.3, -0.25) is 19.0 Å². The van der Waals surface area contributed by atoms with E-state index in [0.29, 0.717) is 42.1 Å². The Labute approximate surface area is 259 Å². The Balaban J connectivity index is 1.41. The molecule has 0 bridgehead atoms. The van der Waals surface area contributed by atoms with E-state index in [1.54, 1.807) is 12.1 Å². The lowest BCUT2D eigenvalue weighted by molar-refractivity contribution is -0.123. The number of amides is 2. The predicted octanol–water partition coefficient (Wildman–Crippen LogP) is 4.04. The number of anilines is 1. The second kappa shape index (κ2) is 13.3. The number of ether oxygens (including phenoxy) is 1. The minimum atomic E-state index is -0.698. The standard InChI is InChI=1S/C34H36FN5O5/c1-19-23(22-14-28(35)26(30(15-22)45-4)17-36-16-21-11-12-37-31(41)13-21)7-5-8-24(19)25-9-6-10-29(20(25)2)39-32(42)27-18-38-34(44)40(3)33(27)43/h5-10,14-15,18,21,36H,11-13,16-17H2,1-4H3,(H,37,41)(H,38,44)(H,39,42). The highest BCUT2D eigenvalue weighted by Crippen LogP contribution is 2.37. The molecule has 2 amide bonds. The number of hydrogen-bond acceptors (Lipinski definition) is 6. The number of aromatic nitrogens is 2. The van der Waals surface area contributed by atoms with Crippen molar-refractivity contribution in [3.63, 3.8) is 0 Å². The predicted molar refractivity (Wildman–Crippen MR) is 171 cm³/mol. The molecule has 234 valence electrons. The van der Waals surface area contributed by atoms with Crippen LogP contribution in [0.1, 0.15) is 39.9 Å². The zero-order chi connectivity index (χ0) is 32.2. The van der Waals surface area contributed by atoms with Crippen molar-refractivity contribution in [1.29, 1.82) is 0 Å². The van der Waals surface area contributed by atoms with Crippen molar-refractivity contribution in [3.8, 4) is 28.0 Å². The van der Waals surface area contributed by atoms with Crippen molar-refractivity contribution >= 4 is 17.5 Å². The van der Waals surface area contributed by atoms with E-state index < -0.39 is 23.0 Å². The number of H-pyrrole nitrogens is 1. The maximum atomic E-state index is 15.6. The minimum Gasteiger partial charge on any atom is -0.496 e. The average molecular weight is 614 g/mol. The van der Waals surface area contributed by atoms with Gasteiger partial charge in [-0.2, -0.15) is 0 Å². The molecule has 1 unspecified atom stereocenters. The van der Waals surface area contributed by atoms with Gasteiger partial charge < -0.3 is 25.7 Å². The van der Waals surface area contributed by atoms with Gasteiger partial charge in [-0.15, -0.1) is 0 Å². The fourth-order valence-corrected chi connectivity index (χ4v) is 5.77. The molecule has 1 aliphatic heterocycles. The first-order chi connectivity index (χ1) is 21.6. The molecule has 10 nitrogen and oxygen atoms in total. The number of carbonyl (C=O) groups excluding carboxylic acids is 2. The molecule has 2 heterocycles. The lowest BCUT2D eigenvalue weighted by Crippen LogP contribution is -2.37. The van der Waals surface area contributed by atoms with E-state index in [-0.39, 0.29) is 23.9 Å². The number of benzene rings is 3. The van der Waals surface area contributed by atoms with Gasteiger partial charge in [-0.1, -0.05) is 30.3 Å². The molecule has 1 aliphatic rings. The van der Waals surface area contributed by atoms with Crippen molar-refractivity contribution < 1.29 is 18.7 Å². The molecular weight excluding hydrogens is 577 g/mol. The summed E-state index contributed by atoms with van der Waals surface area (Å²) in [5, 5.41) is 8.91. The van der Waals surface area contributed by atoms with Crippen LogP contribution in [0.5, 0.6) is 5.75 Å². The molecule has 0 saturated carbocycles. The first-order valence-electron chi connectivity index (χ1n) is 14.7. The zero-order valence-corrected chi connectivity index (χ0v) is 25.7. The van der Waals surface area contributed by atoms with Gasteiger partial charge in [0.25, 0.3) is 11.5 Å². The van der Waals surface area contributed by atoms with E-state index in [2.05, 4.69) is 20.9 Å². The van der Waals surface area contributed by atoms with Gasteiger partial charge in [0.05, 0.1) is 7.11 Å². The molecule has 45 heavy (non-hydrogen) atoms. The molecule has 1 atom stereocenters. The first kappa shape index (κ1) is 31.4. The third kappa shape index (κ3) is 6.58. The Bertz CT molecular complexity index is 1900. The number of aromatic amines is 1. The first-order valence-corrected chi connectivity index (χ1v) is 14.7. The normalized spacial score (nSPS) is 14.6. The molecule has 0 aliphatic carbocycles. The summed E-state index contributed by atoms with van der Waals surface area (Å²) in [6, 6.07) is 14.6. The van der Waals surface area contributed by atoms with Gasteiger partial charge in [0.2, 0.25) is 5.91 Å². The highest BCUT2D eigenvalue weighted by atomic mass is 19.1. The summed E-state index contributed by atoms with van der Waals surface area (Å²) in [7, 11) is 2.81. The molecule has 11 heteroatoms. The van der Waals surface area contributed by atoms with Crippen molar-refractivity contribution in [2.24, 2.45) is 13.0 Å². The van der Waals surface area contributed by atoms with Gasteiger partial charge in [-0.25, -0.2) is 9.18 Å². The fraction of sp³-hybridized carbons (Fsp3) is 0.294. The van der Waals surface area contributed by atoms with Crippen LogP contribution in [-0.2, 0) is 18.4 Å². The average Bonchev–Trinajstić information content (AvgIpc) is 3.02. The number of piperidine rings is 1. The summed E-state index contributed by atoms with van der Waals surface area (Å²) in [5.41, 5.74) is 4.34. The molecule has 1 fully saturated rings. The summed E-state index contributed by atoms with van der Waals surface area (Å²) in [6.45, 7) is 5.37. The molecule has 4 aromatic rings. The summed E-state index contributed by atoms with van der Waals surface area (Å²) in [5.74, 6) is -0.346. The molecule has 0 radical (unpaired) electrons. The number of methoxy groups -OCH3 is 1. The SMILES string of the molecule is COc1cc(-c2cccc(-c3cccc(NC(=O)c4c[nH]c(=O)n(C)c4=O)c3C)c2C)cc(F)c1CNCC1CCNC(=O)C1. The fourth-order valence-electron chi connectivity index (χ4n) is 5.77. The van der Waals surface area contributed by atoms with Crippen LogP contribution in [0.15, 0.2) is 64.3 Å². The van der Waals surface area contributed by atoms with Crippen LogP contribution in [0.25, 0.3) is 22.3 Å². The van der Waals surface area contributed by atoms with E-state index in [0.717, 1.165) is 45.0 Å². The third-order valence-electron chi connectivity index (χ3n) is 8.40. The number of halogens is 1. The second-order valence-electron chi connectivity index (χ2n) is 11.3. The Morgan fingerprint density at radius 2 is 1.76 bits per heavy atom. The van der Waals surface area contributed by atoms with Gasteiger partial charge in [0.15, 0.2) is 0 Å². The number of nitrogens with zero attached hydrogens (tertiary/aromatic N) is 1. The van der Waals surface area contributed by atoms with Crippen LogP contribution < -0.4 is 31.9 Å². The summed E-state index contributed by atoms with van der Waals surface area (Å²) < 4.78 is 22.0. The molecule has 1 saturated heterocycles. The van der Waals surface area contributed by atoms with Crippen molar-refractivity contribution in [1.82, 2.24) is 20.2 Å². The minimum absolute atomic E-state index is 0.0448. The van der Waals surface area contributed by atoms with Crippen molar-refractivity contribution in [3.05, 3.63) is 104 Å². The highest BCUT2D eigenvalue weighted by Gasteiger charge is 2.21. The van der Waals surface area contributed by atoms with Crippen LogP contribution in [-0.4, -0.2) is 41.6 Å². The summed E-state index contributed by atoms with van der Waals surface area (Å²) in [6.07, 6.45) is 2.46. The number of rotatable bonds is 9. The number of carbonyl (C=O) groups is 2. The zero-order valence-electron chi connectivity index (χ0n) is 25.7. The molecule has 5 rings (SSSR count). The van der Waals surface area contributed by atoms with Crippen LogP contribution in [0, 0.1) is 25.6 Å². The van der Waals surface area contributed by atoms with E-state index in [1.165, 1.54) is 20.2 Å². The molecule has 1 aromatic heterocycles. The van der Waals surface area contributed by atoms with Crippen LogP contribution in [0.4, 0.5) is 10.1 Å². The van der Waals surface area contributed by atoms with Gasteiger partial charge in [-0.05, 0) is 84.3 Å². The molecule has 0 spiro atoms. The van der Waals surface area contributed by atoms with Crippen LogP contribution in [0.3, 0.4) is 0 Å². The van der Waals surface area contributed by atoms with E-state index in [9.17, 15) is 19.2 Å². The van der Waals surface area contributed by atoms with E-state index in [1.807, 2.05) is 44.2 Å². The topological polar surface area (TPSA) is 134 Å². The van der Waals surface area contributed by atoms with Crippen LogP contribution >= 0.6 is 0 Å². The maximum Gasteiger partial charge on any atom is 0.328 e. The monoisotopic (exact) mass is 613 g/mol. The smallest absolute Gasteiger partial charge is 0.328 e. The number of hydrogen-bond donors (Lipinski definition) is 4. The largest absolute Gasteiger partial charge is 0.496 e. The third-order valence-corrected chi connectivity index (χ3v) is 8.40.